The predicted molar refractivity (Wildman–Crippen MR) is 67.3 cm³/mol. The average Bonchev–Trinajstić information content (AvgIpc) is 2.25. The molecule has 4 nitrogen and oxygen atoms in total. The Morgan fingerprint density at radius 3 is 2.81 bits per heavy atom. The van der Waals surface area contributed by atoms with Crippen LogP contribution in [-0.2, 0) is 0 Å². The minimum absolute atomic E-state index is 0.247. The summed E-state index contributed by atoms with van der Waals surface area (Å²) in [6.45, 7) is 3.75. The minimum atomic E-state index is -0.273. The van der Waals surface area contributed by atoms with Crippen molar-refractivity contribution < 1.29 is 4.79 Å². The average molecular weight is 237 g/mol. The third-order valence-electron chi connectivity index (χ3n) is 2.18. The molecule has 0 fully saturated rings. The van der Waals surface area contributed by atoms with E-state index in [0.717, 1.165) is 5.69 Å². The molecule has 0 aliphatic rings. The molecule has 0 saturated carbocycles. The summed E-state index contributed by atoms with van der Waals surface area (Å²) in [4.78, 5) is 16.2. The Morgan fingerprint density at radius 2 is 2.31 bits per heavy atom. The van der Waals surface area contributed by atoms with Gasteiger partial charge in [0.2, 0.25) is 0 Å². The predicted octanol–water partition coefficient (Wildman–Crippen LogP) is 1.18. The number of aryl methyl sites for hydroxylation is 1. The van der Waals surface area contributed by atoms with Gasteiger partial charge in [-0.15, -0.1) is 0 Å². The number of hydrogen-bond donors (Lipinski definition) is 2. The van der Waals surface area contributed by atoms with E-state index in [0.29, 0.717) is 17.1 Å². The Hall–Kier alpha value is -1.49. The molecular formula is C11H15N3OS. The molecule has 0 bridgehead atoms. The van der Waals surface area contributed by atoms with Gasteiger partial charge < -0.3 is 11.1 Å². The van der Waals surface area contributed by atoms with Crippen molar-refractivity contribution in [3.63, 3.8) is 0 Å². The fourth-order valence-corrected chi connectivity index (χ4v) is 1.50. The topological polar surface area (TPSA) is 68.0 Å². The van der Waals surface area contributed by atoms with Gasteiger partial charge in [-0.3, -0.25) is 4.79 Å². The molecule has 86 valence electrons. The lowest BCUT2D eigenvalue weighted by molar-refractivity contribution is 0.0941. The van der Waals surface area contributed by atoms with Crippen molar-refractivity contribution in [2.45, 2.75) is 26.3 Å². The molecule has 3 N–H and O–H groups in total. The smallest absolute Gasteiger partial charge is 0.270 e. The van der Waals surface area contributed by atoms with E-state index >= 15 is 0 Å². The van der Waals surface area contributed by atoms with Gasteiger partial charge in [0, 0.05) is 5.69 Å². The standard InChI is InChI=1S/C11H15N3OS/c1-3-8(10(12)16)14-11(15)9-6-4-5-7(2)13-9/h4-6,8H,3H2,1-2H3,(H2,12,16)(H,14,15). The van der Waals surface area contributed by atoms with Crippen LogP contribution in [0.1, 0.15) is 29.5 Å². The summed E-state index contributed by atoms with van der Waals surface area (Å²) in [5.74, 6) is -0.247. The van der Waals surface area contributed by atoms with E-state index in [4.69, 9.17) is 18.0 Å². The van der Waals surface area contributed by atoms with E-state index in [2.05, 4.69) is 10.3 Å². The fourth-order valence-electron chi connectivity index (χ4n) is 1.28. The Labute approximate surface area is 100 Å². The summed E-state index contributed by atoms with van der Waals surface area (Å²) >= 11 is 4.85. The van der Waals surface area contributed by atoms with Gasteiger partial charge in [0.1, 0.15) is 5.69 Å². The largest absolute Gasteiger partial charge is 0.392 e. The highest BCUT2D eigenvalue weighted by molar-refractivity contribution is 7.80. The van der Waals surface area contributed by atoms with Gasteiger partial charge in [-0.1, -0.05) is 25.2 Å². The van der Waals surface area contributed by atoms with Gasteiger partial charge in [-0.05, 0) is 25.5 Å². The zero-order valence-corrected chi connectivity index (χ0v) is 10.2. The highest BCUT2D eigenvalue weighted by Crippen LogP contribution is 2.00. The molecule has 0 aromatic carbocycles. The van der Waals surface area contributed by atoms with Crippen LogP contribution in [0.3, 0.4) is 0 Å². The normalized spacial score (nSPS) is 11.9. The molecule has 0 aliphatic carbocycles. The number of carbonyl (C=O) groups is 1. The second-order valence-corrected chi connectivity index (χ2v) is 3.97. The molecule has 1 amide bonds. The Bertz CT molecular complexity index is 406. The maximum absolute atomic E-state index is 11.8. The molecular weight excluding hydrogens is 222 g/mol. The van der Waals surface area contributed by atoms with Crippen molar-refractivity contribution in [1.29, 1.82) is 0 Å². The summed E-state index contributed by atoms with van der Waals surface area (Å²) in [6, 6.07) is 5.01. The van der Waals surface area contributed by atoms with Crippen molar-refractivity contribution in [2.24, 2.45) is 5.73 Å². The van der Waals surface area contributed by atoms with E-state index in [1.165, 1.54) is 0 Å². The van der Waals surface area contributed by atoms with E-state index in [1.807, 2.05) is 19.9 Å². The van der Waals surface area contributed by atoms with Crippen LogP contribution in [0.25, 0.3) is 0 Å². The zero-order valence-electron chi connectivity index (χ0n) is 9.36. The van der Waals surface area contributed by atoms with Gasteiger partial charge in [-0.2, -0.15) is 0 Å². The Kier molecular flexibility index (Phi) is 4.37. The maximum Gasteiger partial charge on any atom is 0.270 e. The number of rotatable bonds is 4. The molecule has 5 heteroatoms. The minimum Gasteiger partial charge on any atom is -0.392 e. The van der Waals surface area contributed by atoms with E-state index in [9.17, 15) is 4.79 Å². The van der Waals surface area contributed by atoms with Crippen LogP contribution >= 0.6 is 12.2 Å². The van der Waals surface area contributed by atoms with Crippen molar-refractivity contribution in [3.05, 3.63) is 29.6 Å². The summed E-state index contributed by atoms with van der Waals surface area (Å²) in [6.07, 6.45) is 0.674. The van der Waals surface area contributed by atoms with Crippen LogP contribution < -0.4 is 11.1 Å². The lowest BCUT2D eigenvalue weighted by Crippen LogP contribution is -2.43. The summed E-state index contributed by atoms with van der Waals surface area (Å²) in [7, 11) is 0. The zero-order chi connectivity index (χ0) is 12.1. The SMILES string of the molecule is CCC(NC(=O)c1cccc(C)n1)C(N)=S. The molecule has 1 heterocycles. The molecule has 0 saturated heterocycles. The number of thiocarbonyl (C=S) groups is 1. The van der Waals surface area contributed by atoms with E-state index < -0.39 is 0 Å². The molecule has 16 heavy (non-hydrogen) atoms. The number of nitrogens with zero attached hydrogens (tertiary/aromatic N) is 1. The summed E-state index contributed by atoms with van der Waals surface area (Å²) < 4.78 is 0. The molecule has 1 atom stereocenters. The third-order valence-corrected chi connectivity index (χ3v) is 2.46. The summed E-state index contributed by atoms with van der Waals surface area (Å²) in [5, 5.41) is 2.74. The highest BCUT2D eigenvalue weighted by atomic mass is 32.1. The Balaban J connectivity index is 2.75. The van der Waals surface area contributed by atoms with Crippen LogP contribution in [0, 0.1) is 6.92 Å². The molecule has 1 aromatic rings. The van der Waals surface area contributed by atoms with Gasteiger partial charge in [0.05, 0.1) is 11.0 Å². The number of amides is 1. The molecule has 1 unspecified atom stereocenters. The van der Waals surface area contributed by atoms with E-state index in [1.54, 1.807) is 12.1 Å². The lowest BCUT2D eigenvalue weighted by Gasteiger charge is -2.14. The monoisotopic (exact) mass is 237 g/mol. The van der Waals surface area contributed by atoms with Gasteiger partial charge in [-0.25, -0.2) is 4.98 Å². The fraction of sp³-hybridized carbons (Fsp3) is 0.364. The lowest BCUT2D eigenvalue weighted by atomic mass is 10.2. The van der Waals surface area contributed by atoms with Gasteiger partial charge >= 0.3 is 0 Å². The summed E-state index contributed by atoms with van der Waals surface area (Å²) in [5.41, 5.74) is 6.69. The van der Waals surface area contributed by atoms with Gasteiger partial charge in [0.15, 0.2) is 0 Å². The number of aromatic nitrogens is 1. The number of carbonyl (C=O) groups excluding carboxylic acids is 1. The first kappa shape index (κ1) is 12.6. The number of hydrogen-bond acceptors (Lipinski definition) is 3. The Morgan fingerprint density at radius 1 is 1.62 bits per heavy atom. The third kappa shape index (κ3) is 3.27. The van der Waals surface area contributed by atoms with Crippen molar-refractivity contribution in [3.8, 4) is 0 Å². The molecule has 1 aromatic heterocycles. The quantitative estimate of drug-likeness (QED) is 0.772. The molecule has 0 spiro atoms. The first-order valence-corrected chi connectivity index (χ1v) is 5.49. The number of pyridine rings is 1. The number of nitrogens with two attached hydrogens (primary N) is 1. The molecule has 0 aliphatic heterocycles. The molecule has 0 radical (unpaired) electrons. The second-order valence-electron chi connectivity index (χ2n) is 3.50. The maximum atomic E-state index is 11.8. The van der Waals surface area contributed by atoms with Crippen LogP contribution in [0.15, 0.2) is 18.2 Å². The highest BCUT2D eigenvalue weighted by Gasteiger charge is 2.14. The van der Waals surface area contributed by atoms with Crippen LogP contribution in [0.4, 0.5) is 0 Å². The first-order chi connectivity index (χ1) is 7.54. The van der Waals surface area contributed by atoms with Crippen LogP contribution in [-0.4, -0.2) is 21.9 Å². The van der Waals surface area contributed by atoms with Crippen molar-refractivity contribution in [2.75, 3.05) is 0 Å². The van der Waals surface area contributed by atoms with Crippen molar-refractivity contribution >= 4 is 23.1 Å². The van der Waals surface area contributed by atoms with E-state index in [-0.39, 0.29) is 11.9 Å². The number of nitrogens with one attached hydrogen (secondary N) is 1. The first-order valence-electron chi connectivity index (χ1n) is 5.08. The van der Waals surface area contributed by atoms with Crippen LogP contribution in [0.5, 0.6) is 0 Å². The van der Waals surface area contributed by atoms with Gasteiger partial charge in [0.25, 0.3) is 5.91 Å². The van der Waals surface area contributed by atoms with Crippen molar-refractivity contribution in [1.82, 2.24) is 10.3 Å². The second kappa shape index (κ2) is 5.55. The molecule has 1 rings (SSSR count). The van der Waals surface area contributed by atoms with Crippen LogP contribution in [0.2, 0.25) is 0 Å².